The number of nitrogens with one attached hydrogen (secondary N) is 1. The van der Waals surface area contributed by atoms with Crippen molar-refractivity contribution in [3.05, 3.63) is 66.0 Å². The number of hydrogen-bond donors (Lipinski definition) is 1. The largest absolute Gasteiger partial charge is 0.493 e. The van der Waals surface area contributed by atoms with Crippen molar-refractivity contribution in [2.45, 2.75) is 6.92 Å². The van der Waals surface area contributed by atoms with Crippen LogP contribution in [-0.4, -0.2) is 42.5 Å². The molecule has 2 aromatic carbocycles. The number of benzene rings is 2. The van der Waals surface area contributed by atoms with Crippen LogP contribution >= 0.6 is 0 Å². The average Bonchev–Trinajstić information content (AvgIpc) is 3.17. The van der Waals surface area contributed by atoms with Gasteiger partial charge in [0.2, 0.25) is 0 Å². The van der Waals surface area contributed by atoms with Gasteiger partial charge >= 0.3 is 5.97 Å². The van der Waals surface area contributed by atoms with E-state index in [1.807, 2.05) is 31.2 Å². The summed E-state index contributed by atoms with van der Waals surface area (Å²) in [6.07, 6.45) is 1.72. The zero-order valence-corrected chi connectivity index (χ0v) is 16.3. The Kier molecular flexibility index (Phi) is 6.13. The molecule has 0 aliphatic carbocycles. The smallest absolute Gasteiger partial charge is 0.343 e. The van der Waals surface area contributed by atoms with Gasteiger partial charge in [-0.25, -0.2) is 9.48 Å². The van der Waals surface area contributed by atoms with Crippen molar-refractivity contribution in [1.82, 2.24) is 9.78 Å². The molecule has 0 radical (unpaired) electrons. The number of carbonyl (C=O) groups is 2. The fraction of sp³-hybridized carbons (Fsp3) is 0.190. The van der Waals surface area contributed by atoms with E-state index in [0.717, 1.165) is 11.4 Å². The molecule has 150 valence electrons. The fourth-order valence-electron chi connectivity index (χ4n) is 2.68. The van der Waals surface area contributed by atoms with Gasteiger partial charge in [0.1, 0.15) is 0 Å². The van der Waals surface area contributed by atoms with Crippen molar-refractivity contribution in [2.24, 2.45) is 0 Å². The molecule has 0 bridgehead atoms. The van der Waals surface area contributed by atoms with Crippen molar-refractivity contribution in [1.29, 1.82) is 0 Å². The van der Waals surface area contributed by atoms with Gasteiger partial charge in [0.25, 0.3) is 5.91 Å². The highest BCUT2D eigenvalue weighted by atomic mass is 16.6. The lowest BCUT2D eigenvalue weighted by Crippen LogP contribution is -2.14. The first kappa shape index (κ1) is 19.9. The molecule has 3 rings (SSSR count). The minimum atomic E-state index is -0.513. The van der Waals surface area contributed by atoms with E-state index in [-0.39, 0.29) is 12.5 Å². The summed E-state index contributed by atoms with van der Waals surface area (Å²) in [7, 11) is 2.73. The third-order valence-electron chi connectivity index (χ3n) is 4.18. The van der Waals surface area contributed by atoms with Gasteiger partial charge in [0, 0.05) is 23.1 Å². The van der Waals surface area contributed by atoms with Crippen LogP contribution < -0.4 is 14.8 Å². The van der Waals surface area contributed by atoms with Gasteiger partial charge in [-0.05, 0) is 49.4 Å². The van der Waals surface area contributed by atoms with E-state index in [1.165, 1.54) is 14.2 Å². The van der Waals surface area contributed by atoms with Crippen molar-refractivity contribution in [3.8, 4) is 17.2 Å². The Morgan fingerprint density at radius 3 is 2.59 bits per heavy atom. The standard InChI is InChI=1S/C21H21N3O5/c1-14-9-10-22-24(14)17-6-4-5-16(12-17)23-21(26)15-7-8-18(19(11-15)27-2)29-13-20(25)28-3/h4-12H,13H2,1-3H3,(H,23,26). The highest BCUT2D eigenvalue weighted by molar-refractivity contribution is 6.04. The third-order valence-corrected chi connectivity index (χ3v) is 4.18. The molecule has 0 saturated heterocycles. The Bertz CT molecular complexity index is 1030. The van der Waals surface area contributed by atoms with Gasteiger partial charge in [0.05, 0.1) is 19.9 Å². The topological polar surface area (TPSA) is 91.7 Å². The molecule has 0 unspecified atom stereocenters. The number of hydrogen-bond acceptors (Lipinski definition) is 6. The summed E-state index contributed by atoms with van der Waals surface area (Å²) in [6, 6.07) is 14.0. The molecule has 3 aromatic rings. The zero-order valence-electron chi connectivity index (χ0n) is 16.3. The van der Waals surface area contributed by atoms with E-state index in [4.69, 9.17) is 9.47 Å². The van der Waals surface area contributed by atoms with Crippen LogP contribution in [-0.2, 0) is 9.53 Å². The van der Waals surface area contributed by atoms with Crippen molar-refractivity contribution in [3.63, 3.8) is 0 Å². The van der Waals surface area contributed by atoms with Crippen molar-refractivity contribution >= 4 is 17.6 Å². The summed E-state index contributed by atoms with van der Waals surface area (Å²) in [4.78, 5) is 23.9. The first-order valence-corrected chi connectivity index (χ1v) is 8.82. The van der Waals surface area contributed by atoms with Crippen LogP contribution in [0.25, 0.3) is 5.69 Å². The number of methoxy groups -OCH3 is 2. The molecule has 0 saturated carbocycles. The molecule has 8 nitrogen and oxygen atoms in total. The minimum Gasteiger partial charge on any atom is -0.493 e. The van der Waals surface area contributed by atoms with Crippen LogP contribution in [0.5, 0.6) is 11.5 Å². The minimum absolute atomic E-state index is 0.252. The maximum absolute atomic E-state index is 12.7. The second-order valence-electron chi connectivity index (χ2n) is 6.12. The maximum atomic E-state index is 12.7. The van der Waals surface area contributed by atoms with Crippen molar-refractivity contribution in [2.75, 3.05) is 26.1 Å². The summed E-state index contributed by atoms with van der Waals surface area (Å²) in [5, 5.41) is 7.13. The van der Waals surface area contributed by atoms with Gasteiger partial charge < -0.3 is 19.5 Å². The average molecular weight is 395 g/mol. The number of rotatable bonds is 7. The van der Waals surface area contributed by atoms with Crippen LogP contribution in [0.2, 0.25) is 0 Å². The molecular weight excluding hydrogens is 374 g/mol. The predicted molar refractivity (Wildman–Crippen MR) is 107 cm³/mol. The summed E-state index contributed by atoms with van der Waals surface area (Å²) < 4.78 is 17.0. The van der Waals surface area contributed by atoms with Gasteiger partial charge in [-0.3, -0.25) is 4.79 Å². The Morgan fingerprint density at radius 2 is 1.90 bits per heavy atom. The van der Waals surface area contributed by atoms with E-state index in [9.17, 15) is 9.59 Å². The second kappa shape index (κ2) is 8.92. The molecular formula is C21H21N3O5. The van der Waals surface area contributed by atoms with Crippen LogP contribution in [0.15, 0.2) is 54.7 Å². The first-order valence-electron chi connectivity index (χ1n) is 8.82. The Hall–Kier alpha value is -3.81. The molecule has 0 aliphatic heterocycles. The normalized spacial score (nSPS) is 10.3. The van der Waals surface area contributed by atoms with Gasteiger partial charge in [-0.15, -0.1) is 0 Å². The van der Waals surface area contributed by atoms with Crippen molar-refractivity contribution < 1.29 is 23.8 Å². The van der Waals surface area contributed by atoms with Crippen LogP contribution in [0.1, 0.15) is 16.1 Å². The molecule has 1 heterocycles. The van der Waals surface area contributed by atoms with E-state index >= 15 is 0 Å². The lowest BCUT2D eigenvalue weighted by molar-refractivity contribution is -0.142. The quantitative estimate of drug-likeness (QED) is 0.619. The highest BCUT2D eigenvalue weighted by Gasteiger charge is 2.13. The number of carbonyl (C=O) groups excluding carboxylic acids is 2. The van der Waals surface area contributed by atoms with E-state index in [2.05, 4.69) is 15.2 Å². The number of aromatic nitrogens is 2. The third kappa shape index (κ3) is 4.73. The number of nitrogens with zero attached hydrogens (tertiary/aromatic N) is 2. The highest BCUT2D eigenvalue weighted by Crippen LogP contribution is 2.28. The Morgan fingerprint density at radius 1 is 1.07 bits per heavy atom. The van der Waals surface area contributed by atoms with Gasteiger partial charge in [-0.2, -0.15) is 5.10 Å². The number of anilines is 1. The molecule has 0 atom stereocenters. The second-order valence-corrected chi connectivity index (χ2v) is 6.12. The fourth-order valence-corrected chi connectivity index (χ4v) is 2.68. The number of aryl methyl sites for hydroxylation is 1. The van der Waals surface area contributed by atoms with Gasteiger partial charge in [0.15, 0.2) is 18.1 Å². The molecule has 0 fully saturated rings. The van der Waals surface area contributed by atoms with Crippen LogP contribution in [0.3, 0.4) is 0 Å². The first-order chi connectivity index (χ1) is 14.0. The lowest BCUT2D eigenvalue weighted by Gasteiger charge is -2.12. The molecule has 29 heavy (non-hydrogen) atoms. The van der Waals surface area contributed by atoms with Gasteiger partial charge in [-0.1, -0.05) is 6.07 Å². The molecule has 1 aromatic heterocycles. The summed E-state index contributed by atoms with van der Waals surface area (Å²) in [6.45, 7) is 1.70. The SMILES string of the molecule is COC(=O)COc1ccc(C(=O)Nc2cccc(-n3nccc3C)c2)cc1OC. The van der Waals surface area contributed by atoms with Crippen LogP contribution in [0, 0.1) is 6.92 Å². The Balaban J connectivity index is 1.75. The maximum Gasteiger partial charge on any atom is 0.343 e. The summed E-state index contributed by atoms with van der Waals surface area (Å²) in [5.74, 6) is -0.147. The molecule has 8 heteroatoms. The van der Waals surface area contributed by atoms with E-state index < -0.39 is 5.97 Å². The number of ether oxygens (including phenoxy) is 3. The van der Waals surface area contributed by atoms with E-state index in [0.29, 0.717) is 22.7 Å². The lowest BCUT2D eigenvalue weighted by atomic mass is 10.1. The zero-order chi connectivity index (χ0) is 20.8. The number of esters is 1. The molecule has 0 spiro atoms. The van der Waals surface area contributed by atoms with Crippen LogP contribution in [0.4, 0.5) is 5.69 Å². The summed E-state index contributed by atoms with van der Waals surface area (Å²) >= 11 is 0. The van der Waals surface area contributed by atoms with E-state index in [1.54, 1.807) is 35.1 Å². The number of amides is 1. The monoisotopic (exact) mass is 395 g/mol. The molecule has 1 N–H and O–H groups in total. The molecule has 0 aliphatic rings. The molecule has 1 amide bonds. The Labute approximate surface area is 168 Å². The predicted octanol–water partition coefficient (Wildman–Crippen LogP) is 2.99. The summed E-state index contributed by atoms with van der Waals surface area (Å²) in [5.41, 5.74) is 2.84.